The van der Waals surface area contributed by atoms with E-state index in [1.54, 1.807) is 38.1 Å². The highest BCUT2D eigenvalue weighted by atomic mass is 35.5. The van der Waals surface area contributed by atoms with E-state index in [1.807, 2.05) is 0 Å². The Hall–Kier alpha value is -0.860. The SMILES string of the molecule is CCC(=O)[C@H](C)[C@@H](O)c1cccc(Cl)c1. The molecule has 0 amide bonds. The van der Waals surface area contributed by atoms with Gasteiger partial charge in [-0.25, -0.2) is 0 Å². The Morgan fingerprint density at radius 1 is 1.53 bits per heavy atom. The molecule has 0 aliphatic rings. The predicted octanol–water partition coefficient (Wildman–Crippen LogP) is 2.99. The van der Waals surface area contributed by atoms with Crippen LogP contribution in [0.4, 0.5) is 0 Å². The topological polar surface area (TPSA) is 37.3 Å². The van der Waals surface area contributed by atoms with Crippen molar-refractivity contribution in [2.24, 2.45) is 5.92 Å². The third-order valence-corrected chi connectivity index (χ3v) is 2.76. The molecule has 1 aromatic rings. The van der Waals surface area contributed by atoms with Crippen molar-refractivity contribution in [2.45, 2.75) is 26.4 Å². The second-order valence-corrected chi connectivity index (χ2v) is 4.04. The van der Waals surface area contributed by atoms with Gasteiger partial charge in [-0.05, 0) is 17.7 Å². The van der Waals surface area contributed by atoms with Gasteiger partial charge in [-0.3, -0.25) is 4.79 Å². The van der Waals surface area contributed by atoms with E-state index in [-0.39, 0.29) is 11.7 Å². The molecule has 0 aliphatic heterocycles. The minimum atomic E-state index is -0.767. The van der Waals surface area contributed by atoms with Gasteiger partial charge in [0.2, 0.25) is 0 Å². The Morgan fingerprint density at radius 3 is 2.73 bits per heavy atom. The van der Waals surface area contributed by atoms with Crippen molar-refractivity contribution in [1.29, 1.82) is 0 Å². The van der Waals surface area contributed by atoms with Gasteiger partial charge >= 0.3 is 0 Å². The van der Waals surface area contributed by atoms with Gasteiger partial charge in [0.15, 0.2) is 0 Å². The molecule has 0 bridgehead atoms. The molecule has 0 unspecified atom stereocenters. The summed E-state index contributed by atoms with van der Waals surface area (Å²) in [5.74, 6) is -0.323. The van der Waals surface area contributed by atoms with Crippen molar-refractivity contribution in [3.05, 3.63) is 34.9 Å². The molecule has 82 valence electrons. The van der Waals surface area contributed by atoms with Gasteiger partial charge in [0, 0.05) is 17.4 Å². The van der Waals surface area contributed by atoms with Crippen LogP contribution < -0.4 is 0 Å². The van der Waals surface area contributed by atoms with E-state index < -0.39 is 6.10 Å². The lowest BCUT2D eigenvalue weighted by Gasteiger charge is -2.17. The Bertz CT molecular complexity index is 349. The fourth-order valence-electron chi connectivity index (χ4n) is 1.48. The average Bonchev–Trinajstić information content (AvgIpc) is 2.26. The highest BCUT2D eigenvalue weighted by molar-refractivity contribution is 6.30. The van der Waals surface area contributed by atoms with Crippen molar-refractivity contribution in [1.82, 2.24) is 0 Å². The summed E-state index contributed by atoms with van der Waals surface area (Å²) in [6.07, 6.45) is -0.324. The van der Waals surface area contributed by atoms with Crippen molar-refractivity contribution in [3.63, 3.8) is 0 Å². The van der Waals surface area contributed by atoms with E-state index in [4.69, 9.17) is 11.6 Å². The predicted molar refractivity (Wildman–Crippen MR) is 60.9 cm³/mol. The number of carbonyl (C=O) groups excluding carboxylic acids is 1. The van der Waals surface area contributed by atoms with E-state index in [2.05, 4.69) is 0 Å². The second kappa shape index (κ2) is 5.29. The molecule has 3 heteroatoms. The first-order valence-corrected chi connectivity index (χ1v) is 5.40. The van der Waals surface area contributed by atoms with Crippen molar-refractivity contribution >= 4 is 17.4 Å². The maximum absolute atomic E-state index is 11.4. The molecule has 1 N–H and O–H groups in total. The van der Waals surface area contributed by atoms with Crippen LogP contribution >= 0.6 is 11.6 Å². The number of rotatable bonds is 4. The van der Waals surface area contributed by atoms with Crippen LogP contribution in [-0.2, 0) is 4.79 Å². The molecule has 0 saturated carbocycles. The molecule has 0 saturated heterocycles. The quantitative estimate of drug-likeness (QED) is 0.857. The fraction of sp³-hybridized carbons (Fsp3) is 0.417. The monoisotopic (exact) mass is 226 g/mol. The summed E-state index contributed by atoms with van der Waals surface area (Å²) in [6, 6.07) is 6.97. The summed E-state index contributed by atoms with van der Waals surface area (Å²) in [5.41, 5.74) is 0.691. The largest absolute Gasteiger partial charge is 0.388 e. The maximum Gasteiger partial charge on any atom is 0.138 e. The lowest BCUT2D eigenvalue weighted by Crippen LogP contribution is -2.18. The van der Waals surface area contributed by atoms with Crippen LogP contribution in [-0.4, -0.2) is 10.9 Å². The van der Waals surface area contributed by atoms with Gasteiger partial charge in [0.25, 0.3) is 0 Å². The van der Waals surface area contributed by atoms with Crippen molar-refractivity contribution < 1.29 is 9.90 Å². The van der Waals surface area contributed by atoms with E-state index in [0.29, 0.717) is 17.0 Å². The van der Waals surface area contributed by atoms with Crippen LogP contribution in [0.25, 0.3) is 0 Å². The number of aliphatic hydroxyl groups excluding tert-OH is 1. The van der Waals surface area contributed by atoms with Crippen LogP contribution in [0.5, 0.6) is 0 Å². The molecular weight excluding hydrogens is 212 g/mol. The summed E-state index contributed by atoms with van der Waals surface area (Å²) in [6.45, 7) is 3.53. The van der Waals surface area contributed by atoms with Gasteiger partial charge in [-0.1, -0.05) is 37.6 Å². The van der Waals surface area contributed by atoms with Crippen molar-refractivity contribution in [2.75, 3.05) is 0 Å². The average molecular weight is 227 g/mol. The maximum atomic E-state index is 11.4. The highest BCUT2D eigenvalue weighted by Gasteiger charge is 2.21. The van der Waals surface area contributed by atoms with Gasteiger partial charge in [-0.2, -0.15) is 0 Å². The van der Waals surface area contributed by atoms with Gasteiger partial charge in [-0.15, -0.1) is 0 Å². The smallest absolute Gasteiger partial charge is 0.138 e. The summed E-state index contributed by atoms with van der Waals surface area (Å²) in [7, 11) is 0. The third kappa shape index (κ3) is 3.05. The van der Waals surface area contributed by atoms with Crippen LogP contribution in [0.15, 0.2) is 24.3 Å². The number of hydrogen-bond acceptors (Lipinski definition) is 2. The molecule has 2 atom stereocenters. The van der Waals surface area contributed by atoms with Gasteiger partial charge < -0.3 is 5.11 Å². The number of carbonyl (C=O) groups is 1. The van der Waals surface area contributed by atoms with Crippen molar-refractivity contribution in [3.8, 4) is 0 Å². The zero-order valence-electron chi connectivity index (χ0n) is 8.90. The number of halogens is 1. The zero-order valence-corrected chi connectivity index (χ0v) is 9.66. The first-order chi connectivity index (χ1) is 7.06. The van der Waals surface area contributed by atoms with Crippen LogP contribution in [0, 0.1) is 5.92 Å². The van der Waals surface area contributed by atoms with E-state index in [0.717, 1.165) is 0 Å². The molecule has 0 aromatic heterocycles. The van der Waals surface area contributed by atoms with E-state index in [1.165, 1.54) is 0 Å². The molecule has 0 radical (unpaired) electrons. The molecular formula is C12H15ClO2. The molecule has 0 aliphatic carbocycles. The second-order valence-electron chi connectivity index (χ2n) is 3.61. The fourth-order valence-corrected chi connectivity index (χ4v) is 1.68. The molecule has 2 nitrogen and oxygen atoms in total. The first-order valence-electron chi connectivity index (χ1n) is 5.02. The number of benzene rings is 1. The Labute approximate surface area is 94.9 Å². The molecule has 1 rings (SSSR count). The molecule has 0 heterocycles. The zero-order chi connectivity index (χ0) is 11.4. The van der Waals surface area contributed by atoms with Gasteiger partial charge in [0.05, 0.1) is 6.10 Å². The summed E-state index contributed by atoms with van der Waals surface area (Å²) < 4.78 is 0. The standard InChI is InChI=1S/C12H15ClO2/c1-3-11(14)8(2)12(15)9-5-4-6-10(13)7-9/h4-8,12,15H,3H2,1-2H3/t8-,12+/m0/s1. The highest BCUT2D eigenvalue weighted by Crippen LogP contribution is 2.25. The molecule has 0 fully saturated rings. The number of Topliss-reactive ketones (excluding diaryl/α,β-unsaturated/α-hetero) is 1. The summed E-state index contributed by atoms with van der Waals surface area (Å²) in [5, 5.41) is 10.5. The Balaban J connectivity index is 2.84. The molecule has 1 aromatic carbocycles. The minimum absolute atomic E-state index is 0.0578. The number of ketones is 1. The van der Waals surface area contributed by atoms with Gasteiger partial charge in [0.1, 0.15) is 5.78 Å². The Morgan fingerprint density at radius 2 is 2.20 bits per heavy atom. The Kier molecular flexibility index (Phi) is 4.30. The first kappa shape index (κ1) is 12.2. The summed E-state index contributed by atoms with van der Waals surface area (Å²) in [4.78, 5) is 11.4. The molecule has 0 spiro atoms. The van der Waals surface area contributed by atoms with E-state index in [9.17, 15) is 9.90 Å². The number of hydrogen-bond donors (Lipinski definition) is 1. The van der Waals surface area contributed by atoms with Crippen LogP contribution in [0.2, 0.25) is 5.02 Å². The third-order valence-electron chi connectivity index (χ3n) is 2.52. The van der Waals surface area contributed by atoms with Crippen LogP contribution in [0.3, 0.4) is 0 Å². The normalized spacial score (nSPS) is 14.7. The molecule has 15 heavy (non-hydrogen) atoms. The minimum Gasteiger partial charge on any atom is -0.388 e. The lowest BCUT2D eigenvalue weighted by molar-refractivity contribution is -0.125. The number of aliphatic hydroxyl groups is 1. The lowest BCUT2D eigenvalue weighted by atomic mass is 9.93. The van der Waals surface area contributed by atoms with E-state index >= 15 is 0 Å². The van der Waals surface area contributed by atoms with Crippen LogP contribution in [0.1, 0.15) is 31.9 Å². The summed E-state index contributed by atoms with van der Waals surface area (Å²) >= 11 is 5.81.